The molecule has 1 saturated carbocycles. The first-order chi connectivity index (χ1) is 17.5. The average Bonchev–Trinajstić information content (AvgIpc) is 3.49. The summed E-state index contributed by atoms with van der Waals surface area (Å²) in [5.41, 5.74) is -2.13. The molecule has 196 valence electrons. The normalized spacial score (nSPS) is 14.9. The van der Waals surface area contributed by atoms with Crippen LogP contribution in [0.5, 0.6) is 23.1 Å². The smallest absolute Gasteiger partial charge is 0.420 e. The van der Waals surface area contributed by atoms with Crippen LogP contribution in [0.1, 0.15) is 47.7 Å². The predicted molar refractivity (Wildman–Crippen MR) is 119 cm³/mol. The number of carbonyl (C=O) groups excluding carboxylic acids is 2. The Morgan fingerprint density at radius 1 is 1.08 bits per heavy atom. The van der Waals surface area contributed by atoms with Crippen molar-refractivity contribution >= 4 is 11.8 Å². The van der Waals surface area contributed by atoms with E-state index in [4.69, 9.17) is 18.7 Å². The highest BCUT2D eigenvalue weighted by Gasteiger charge is 2.52. The van der Waals surface area contributed by atoms with E-state index >= 15 is 0 Å². The van der Waals surface area contributed by atoms with Gasteiger partial charge in [0, 0.05) is 0 Å². The zero-order valence-electron chi connectivity index (χ0n) is 19.9. The summed E-state index contributed by atoms with van der Waals surface area (Å²) in [5.74, 6) is -1.31. The number of methoxy groups -OCH3 is 2. The van der Waals surface area contributed by atoms with Crippen LogP contribution in [-0.4, -0.2) is 46.7 Å². The van der Waals surface area contributed by atoms with E-state index in [0.717, 1.165) is 12.1 Å². The molecule has 0 radical (unpaired) electrons. The van der Waals surface area contributed by atoms with Crippen molar-refractivity contribution in [3.05, 3.63) is 53.8 Å². The minimum Gasteiger partial charge on any atom is -0.497 e. The van der Waals surface area contributed by atoms with Crippen LogP contribution in [-0.2, 0) is 11.0 Å². The highest BCUT2D eigenvalue weighted by molar-refractivity contribution is 5.99. The third kappa shape index (κ3) is 5.73. The van der Waals surface area contributed by atoms with Crippen LogP contribution in [0.25, 0.3) is 0 Å². The summed E-state index contributed by atoms with van der Waals surface area (Å²) in [4.78, 5) is 33.4. The maximum Gasteiger partial charge on any atom is 0.420 e. The fraction of sp³-hybridized carbons (Fsp3) is 0.348. The number of hydrogen-bond donors (Lipinski definition) is 2. The molecule has 0 aliphatic heterocycles. The van der Waals surface area contributed by atoms with Crippen LogP contribution in [0, 0.1) is 0 Å². The van der Waals surface area contributed by atoms with E-state index in [2.05, 4.69) is 25.8 Å². The molecule has 2 heterocycles. The number of ether oxygens (including phenoxy) is 3. The number of aromatic nitrogens is 3. The van der Waals surface area contributed by atoms with E-state index in [1.807, 2.05) is 0 Å². The van der Waals surface area contributed by atoms with Crippen molar-refractivity contribution in [2.45, 2.75) is 37.5 Å². The van der Waals surface area contributed by atoms with Crippen LogP contribution >= 0.6 is 0 Å². The van der Waals surface area contributed by atoms with Crippen molar-refractivity contribution < 1.29 is 41.5 Å². The van der Waals surface area contributed by atoms with Crippen molar-refractivity contribution in [3.8, 4) is 23.1 Å². The van der Waals surface area contributed by atoms with Gasteiger partial charge in [-0.2, -0.15) is 13.2 Å². The Kier molecular flexibility index (Phi) is 6.92. The fourth-order valence-electron chi connectivity index (χ4n) is 3.35. The van der Waals surface area contributed by atoms with Crippen LogP contribution in [0.2, 0.25) is 0 Å². The van der Waals surface area contributed by atoms with E-state index in [1.54, 1.807) is 6.92 Å². The molecule has 0 bridgehead atoms. The second-order valence-corrected chi connectivity index (χ2v) is 8.20. The minimum absolute atomic E-state index is 0.0287. The van der Waals surface area contributed by atoms with Gasteiger partial charge in [0.25, 0.3) is 11.8 Å². The molecule has 37 heavy (non-hydrogen) atoms. The van der Waals surface area contributed by atoms with Gasteiger partial charge in [-0.3, -0.25) is 9.59 Å². The second-order valence-electron chi connectivity index (χ2n) is 8.20. The number of alkyl halides is 3. The van der Waals surface area contributed by atoms with Crippen molar-refractivity contribution in [3.63, 3.8) is 0 Å². The van der Waals surface area contributed by atoms with Gasteiger partial charge in [0.15, 0.2) is 5.75 Å². The van der Waals surface area contributed by atoms with Gasteiger partial charge in [-0.25, -0.2) is 9.97 Å². The third-order valence-electron chi connectivity index (χ3n) is 5.56. The summed E-state index contributed by atoms with van der Waals surface area (Å²) in [6.45, 7) is 1.62. The van der Waals surface area contributed by atoms with Gasteiger partial charge in [0.05, 0.1) is 38.7 Å². The molecule has 1 aliphatic rings. The first-order valence-corrected chi connectivity index (χ1v) is 10.9. The predicted octanol–water partition coefficient (Wildman–Crippen LogP) is 3.43. The molecule has 0 saturated heterocycles. The Balaban J connectivity index is 1.39. The summed E-state index contributed by atoms with van der Waals surface area (Å²) in [6.07, 6.45) is -1.45. The lowest BCUT2D eigenvalue weighted by atomic mass is 10.2. The Labute approximate surface area is 208 Å². The maximum atomic E-state index is 13.4. The molecule has 14 heteroatoms. The quantitative estimate of drug-likeness (QED) is 0.434. The number of benzene rings is 1. The molecule has 0 spiro atoms. The summed E-state index contributed by atoms with van der Waals surface area (Å²) < 4.78 is 60.2. The van der Waals surface area contributed by atoms with Gasteiger partial charge in [-0.15, -0.1) is 0 Å². The zero-order chi connectivity index (χ0) is 26.8. The third-order valence-corrected chi connectivity index (χ3v) is 5.56. The van der Waals surface area contributed by atoms with Gasteiger partial charge < -0.3 is 29.4 Å². The number of nitrogens with one attached hydrogen (secondary N) is 2. The van der Waals surface area contributed by atoms with Gasteiger partial charge in [-0.05, 0) is 43.1 Å². The lowest BCUT2D eigenvalue weighted by Crippen LogP contribution is -2.49. The maximum absolute atomic E-state index is 13.4. The molecular formula is C23H22F3N5O6. The molecule has 2 amide bonds. The van der Waals surface area contributed by atoms with E-state index in [0.29, 0.717) is 12.8 Å². The largest absolute Gasteiger partial charge is 0.497 e. The van der Waals surface area contributed by atoms with Gasteiger partial charge in [0.2, 0.25) is 11.7 Å². The SMILES string of the molecule is COc1ccc(Oc2cnc(C(C)NC(=O)C3(NC(=O)c4cc(OC)no4)CC3)nc2)c(C(F)(F)F)c1. The van der Waals surface area contributed by atoms with E-state index in [-0.39, 0.29) is 29.0 Å². The van der Waals surface area contributed by atoms with E-state index in [1.165, 1.54) is 38.7 Å². The number of rotatable bonds is 9. The highest BCUT2D eigenvalue weighted by Crippen LogP contribution is 2.40. The number of carbonyl (C=O) groups is 2. The Hall–Kier alpha value is -4.36. The van der Waals surface area contributed by atoms with E-state index in [9.17, 15) is 22.8 Å². The van der Waals surface area contributed by atoms with Gasteiger partial charge >= 0.3 is 6.18 Å². The summed E-state index contributed by atoms with van der Waals surface area (Å²) >= 11 is 0. The molecule has 1 fully saturated rings. The monoisotopic (exact) mass is 521 g/mol. The molecule has 4 rings (SSSR count). The van der Waals surface area contributed by atoms with Crippen LogP contribution in [0.15, 0.2) is 41.2 Å². The van der Waals surface area contributed by atoms with Crippen molar-refractivity contribution in [1.82, 2.24) is 25.8 Å². The van der Waals surface area contributed by atoms with Crippen molar-refractivity contribution in [2.24, 2.45) is 0 Å². The van der Waals surface area contributed by atoms with Crippen LogP contribution < -0.4 is 24.8 Å². The molecule has 11 nitrogen and oxygen atoms in total. The minimum atomic E-state index is -4.67. The number of amides is 2. The van der Waals surface area contributed by atoms with Gasteiger partial charge in [0.1, 0.15) is 28.4 Å². The highest BCUT2D eigenvalue weighted by atomic mass is 19.4. The number of nitrogens with zero attached hydrogens (tertiary/aromatic N) is 3. The molecule has 3 aromatic rings. The molecule has 2 N–H and O–H groups in total. The van der Waals surface area contributed by atoms with Gasteiger partial charge in [-0.1, -0.05) is 0 Å². The standard InChI is InChI=1S/C23H22F3N5O6/c1-12(29-21(33)22(6-7-22)30-20(32)17-9-18(35-3)31-37-17)19-27-10-14(11-28-19)36-16-5-4-13(34-2)8-15(16)23(24,25)26/h4-5,8-12H,6-7H2,1-3H3,(H,29,33)(H,30,32). The Morgan fingerprint density at radius 2 is 1.78 bits per heavy atom. The zero-order valence-corrected chi connectivity index (χ0v) is 19.9. The van der Waals surface area contributed by atoms with Crippen molar-refractivity contribution in [1.29, 1.82) is 0 Å². The lowest BCUT2D eigenvalue weighted by molar-refractivity contribution is -0.138. The number of halogens is 3. The molecule has 2 aromatic heterocycles. The first kappa shape index (κ1) is 25.7. The van der Waals surface area contributed by atoms with Crippen molar-refractivity contribution in [2.75, 3.05) is 14.2 Å². The van der Waals surface area contributed by atoms with Crippen LogP contribution in [0.3, 0.4) is 0 Å². The topological polar surface area (TPSA) is 138 Å². The summed E-state index contributed by atoms with van der Waals surface area (Å²) in [6, 6.07) is 3.92. The summed E-state index contributed by atoms with van der Waals surface area (Å²) in [7, 11) is 2.63. The van der Waals surface area contributed by atoms with Crippen LogP contribution in [0.4, 0.5) is 13.2 Å². The Morgan fingerprint density at radius 3 is 2.35 bits per heavy atom. The molecule has 1 aromatic carbocycles. The lowest BCUT2D eigenvalue weighted by Gasteiger charge is -2.20. The fourth-order valence-corrected chi connectivity index (χ4v) is 3.35. The number of hydrogen-bond acceptors (Lipinski definition) is 9. The van der Waals surface area contributed by atoms with E-state index < -0.39 is 40.9 Å². The second kappa shape index (κ2) is 9.95. The summed E-state index contributed by atoms with van der Waals surface area (Å²) in [5, 5.41) is 8.92. The average molecular weight is 521 g/mol. The first-order valence-electron chi connectivity index (χ1n) is 10.9. The Bertz CT molecular complexity index is 1290. The molecule has 1 unspecified atom stereocenters. The molecule has 1 aliphatic carbocycles. The molecule has 1 atom stereocenters. The molecular weight excluding hydrogens is 499 g/mol.